The summed E-state index contributed by atoms with van der Waals surface area (Å²) in [5.74, 6) is 0. The fraction of sp³-hybridized carbons (Fsp3) is 0.133. The molecule has 4 nitrogen and oxygen atoms in total. The molecular formula is C30H32N4Ti. The second kappa shape index (κ2) is 22.3. The zero-order valence-corrected chi connectivity index (χ0v) is 22.4. The molecule has 0 amide bonds. The van der Waals surface area contributed by atoms with Gasteiger partial charge < -0.3 is 10.6 Å². The van der Waals surface area contributed by atoms with Crippen molar-refractivity contribution < 1.29 is 21.7 Å². The van der Waals surface area contributed by atoms with Gasteiger partial charge in [-0.15, -0.1) is 25.5 Å². The molecule has 0 atom stereocenters. The van der Waals surface area contributed by atoms with Crippen LogP contribution in [0.25, 0.3) is 10.6 Å². The van der Waals surface area contributed by atoms with Crippen molar-refractivity contribution in [3.05, 3.63) is 155 Å². The van der Waals surface area contributed by atoms with Gasteiger partial charge >= 0.3 is 21.7 Å². The molecule has 0 aliphatic heterocycles. The molecular weight excluding hydrogens is 464 g/mol. The second-order valence-corrected chi connectivity index (χ2v) is 6.41. The van der Waals surface area contributed by atoms with Crippen molar-refractivity contribution in [3.8, 4) is 0 Å². The molecule has 0 radical (unpaired) electrons. The van der Waals surface area contributed by atoms with Crippen molar-refractivity contribution in [1.29, 1.82) is 0 Å². The molecule has 0 saturated carbocycles. The quantitative estimate of drug-likeness (QED) is 0.220. The minimum atomic E-state index is 0. The Morgan fingerprint density at radius 3 is 1.03 bits per heavy atom. The third-order valence-electron chi connectivity index (χ3n) is 4.16. The maximum Gasteiger partial charge on any atom is 4.00 e. The molecule has 0 unspecified atom stereocenters. The molecule has 0 heterocycles. The maximum atomic E-state index is 4.09. The molecule has 0 spiro atoms. The predicted molar refractivity (Wildman–Crippen MR) is 144 cm³/mol. The van der Waals surface area contributed by atoms with Crippen LogP contribution in [0, 0.1) is 12.1 Å². The van der Waals surface area contributed by atoms with Crippen molar-refractivity contribution in [1.82, 2.24) is 0 Å². The Kier molecular flexibility index (Phi) is 20.1. The molecule has 0 aliphatic carbocycles. The molecule has 0 bridgehead atoms. The van der Waals surface area contributed by atoms with Gasteiger partial charge in [0.25, 0.3) is 0 Å². The Morgan fingerprint density at radius 2 is 0.800 bits per heavy atom. The Hall–Kier alpha value is -3.47. The Balaban J connectivity index is 0.000000452. The normalized spacial score (nSPS) is 9.83. The van der Waals surface area contributed by atoms with Crippen LogP contribution in [0.15, 0.2) is 131 Å². The van der Waals surface area contributed by atoms with Gasteiger partial charge in [-0.25, -0.2) is 0 Å². The summed E-state index contributed by atoms with van der Waals surface area (Å²) < 4.78 is 0. The second-order valence-electron chi connectivity index (χ2n) is 6.41. The van der Waals surface area contributed by atoms with E-state index in [0.717, 1.165) is 22.1 Å². The van der Waals surface area contributed by atoms with Crippen LogP contribution in [0.4, 0.5) is 11.4 Å². The summed E-state index contributed by atoms with van der Waals surface area (Å²) in [5, 5.41) is 10.0. The van der Waals surface area contributed by atoms with Gasteiger partial charge in [-0.3, -0.25) is 9.98 Å². The van der Waals surface area contributed by atoms with E-state index in [4.69, 9.17) is 0 Å². The van der Waals surface area contributed by atoms with Crippen LogP contribution in [0.1, 0.15) is 0 Å². The van der Waals surface area contributed by atoms with E-state index in [1.807, 2.05) is 121 Å². The van der Waals surface area contributed by atoms with E-state index in [0.29, 0.717) is 0 Å². The summed E-state index contributed by atoms with van der Waals surface area (Å²) in [6.07, 6.45) is 0. The van der Waals surface area contributed by atoms with Crippen LogP contribution < -0.4 is 10.7 Å². The van der Waals surface area contributed by atoms with E-state index < -0.39 is 0 Å². The van der Waals surface area contributed by atoms with Crippen molar-refractivity contribution in [2.75, 3.05) is 28.2 Å². The standard InChI is InChI=1S/2C9H11N2.2C6H5.Ti/c2*1-10-8-6-4-3-5-7-9(8)11-2;2*1-2-4-6-5-3-1;/h2*3-7H,1-2H3;2*1-5H;/q4*-1;+4. The minimum Gasteiger partial charge on any atom is -0.685 e. The monoisotopic (exact) mass is 496 g/mol. The topological polar surface area (TPSA) is 52.9 Å². The van der Waals surface area contributed by atoms with Gasteiger partial charge in [-0.05, 0) is 12.1 Å². The molecule has 176 valence electrons. The third kappa shape index (κ3) is 15.1. The van der Waals surface area contributed by atoms with Gasteiger partial charge in [0.2, 0.25) is 0 Å². The summed E-state index contributed by atoms with van der Waals surface area (Å²) in [5.41, 5.74) is 1.86. The van der Waals surface area contributed by atoms with Gasteiger partial charge in [0.15, 0.2) is 0 Å². The van der Waals surface area contributed by atoms with Crippen LogP contribution in [0.5, 0.6) is 0 Å². The number of benzene rings is 2. The first-order chi connectivity index (χ1) is 16.8. The van der Waals surface area contributed by atoms with Gasteiger partial charge in [0, 0.05) is 24.8 Å². The van der Waals surface area contributed by atoms with Crippen molar-refractivity contribution in [2.45, 2.75) is 0 Å². The Bertz CT molecular complexity index is 1000. The van der Waals surface area contributed by atoms with Crippen molar-refractivity contribution in [2.24, 2.45) is 9.98 Å². The first kappa shape index (κ1) is 31.5. The maximum absolute atomic E-state index is 4.09. The van der Waals surface area contributed by atoms with Crippen LogP contribution in [-0.2, 0) is 21.7 Å². The summed E-state index contributed by atoms with van der Waals surface area (Å²) in [6, 6.07) is 44.5. The first-order valence-corrected chi connectivity index (χ1v) is 10.8. The Labute approximate surface area is 225 Å². The molecule has 0 saturated heterocycles. The molecule has 0 N–H and O–H groups in total. The average Bonchev–Trinajstić information content (AvgIpc) is 3.31. The Morgan fingerprint density at radius 1 is 0.486 bits per heavy atom. The van der Waals surface area contributed by atoms with E-state index in [9.17, 15) is 0 Å². The zero-order chi connectivity index (χ0) is 24.7. The van der Waals surface area contributed by atoms with Crippen LogP contribution in [-0.4, -0.2) is 28.2 Å². The van der Waals surface area contributed by atoms with E-state index in [2.05, 4.69) is 32.8 Å². The summed E-state index contributed by atoms with van der Waals surface area (Å²) in [4.78, 5) is 8.18. The predicted octanol–water partition coefficient (Wildman–Crippen LogP) is 6.68. The van der Waals surface area contributed by atoms with Gasteiger partial charge in [-0.2, -0.15) is 72.8 Å². The van der Waals surface area contributed by atoms with Crippen molar-refractivity contribution >= 4 is 11.4 Å². The fourth-order valence-corrected chi connectivity index (χ4v) is 2.50. The first-order valence-electron chi connectivity index (χ1n) is 10.8. The molecule has 0 aromatic heterocycles. The molecule has 5 heteroatoms. The van der Waals surface area contributed by atoms with E-state index in [-0.39, 0.29) is 21.7 Å². The number of nitrogens with zero attached hydrogens (tertiary/aromatic N) is 4. The summed E-state index contributed by atoms with van der Waals surface area (Å²) in [7, 11) is 7.07. The van der Waals surface area contributed by atoms with E-state index in [1.54, 1.807) is 28.2 Å². The van der Waals surface area contributed by atoms with Crippen LogP contribution >= 0.6 is 0 Å². The number of rotatable bonds is 2. The average molecular weight is 496 g/mol. The fourth-order valence-electron chi connectivity index (χ4n) is 2.50. The van der Waals surface area contributed by atoms with Gasteiger partial charge in [-0.1, -0.05) is 48.5 Å². The molecule has 0 aliphatic rings. The van der Waals surface area contributed by atoms with E-state index >= 15 is 0 Å². The van der Waals surface area contributed by atoms with Gasteiger partial charge in [0.05, 0.1) is 0 Å². The molecule has 4 rings (SSSR count). The van der Waals surface area contributed by atoms with Gasteiger partial charge in [0.1, 0.15) is 0 Å². The molecule has 4 aromatic carbocycles. The smallest absolute Gasteiger partial charge is 0.685 e. The van der Waals surface area contributed by atoms with E-state index in [1.165, 1.54) is 0 Å². The minimum absolute atomic E-state index is 0. The van der Waals surface area contributed by atoms with Crippen LogP contribution in [0.2, 0.25) is 0 Å². The SMILES string of the molecule is CN=c1cccccc1[N-]C.CN=c1cccccc1[N-]C.[Ti+4].[c-]1ccccc1.[c-]1ccccc1. The molecule has 4 aromatic rings. The van der Waals surface area contributed by atoms with Crippen LogP contribution in [0.3, 0.4) is 0 Å². The zero-order valence-electron chi connectivity index (χ0n) is 20.8. The number of hydrogen-bond acceptors (Lipinski definition) is 2. The number of hydrogen-bond donors (Lipinski definition) is 0. The summed E-state index contributed by atoms with van der Waals surface area (Å²) in [6.45, 7) is 0. The molecule has 0 fully saturated rings. The molecule has 35 heavy (non-hydrogen) atoms. The largest absolute Gasteiger partial charge is 4.00 e. The summed E-state index contributed by atoms with van der Waals surface area (Å²) >= 11 is 0. The third-order valence-corrected chi connectivity index (χ3v) is 4.16. The van der Waals surface area contributed by atoms with Crippen molar-refractivity contribution in [3.63, 3.8) is 0 Å².